The van der Waals surface area contributed by atoms with Gasteiger partial charge in [0.15, 0.2) is 0 Å². The SMILES string of the molecule is COc1ccccc1CNC(C)(C)C#N. The molecule has 3 nitrogen and oxygen atoms in total. The molecular weight excluding hydrogens is 188 g/mol. The summed E-state index contributed by atoms with van der Waals surface area (Å²) in [6.45, 7) is 4.33. The van der Waals surface area contributed by atoms with Crippen molar-refractivity contribution >= 4 is 0 Å². The fourth-order valence-electron chi connectivity index (χ4n) is 1.20. The summed E-state index contributed by atoms with van der Waals surface area (Å²) < 4.78 is 5.22. The van der Waals surface area contributed by atoms with Gasteiger partial charge in [0.2, 0.25) is 0 Å². The number of rotatable bonds is 4. The molecule has 0 spiro atoms. The molecule has 0 amide bonds. The van der Waals surface area contributed by atoms with Crippen LogP contribution in [0.1, 0.15) is 19.4 Å². The van der Waals surface area contributed by atoms with Gasteiger partial charge in [-0.3, -0.25) is 5.32 Å². The maximum absolute atomic E-state index is 8.85. The van der Waals surface area contributed by atoms with Crippen LogP contribution < -0.4 is 10.1 Å². The Labute approximate surface area is 90.7 Å². The topological polar surface area (TPSA) is 45.0 Å². The molecule has 0 aliphatic heterocycles. The van der Waals surface area contributed by atoms with Gasteiger partial charge >= 0.3 is 0 Å². The van der Waals surface area contributed by atoms with Gasteiger partial charge in [-0.1, -0.05) is 18.2 Å². The molecule has 1 rings (SSSR count). The van der Waals surface area contributed by atoms with Crippen LogP contribution >= 0.6 is 0 Å². The summed E-state index contributed by atoms with van der Waals surface area (Å²) >= 11 is 0. The number of hydrogen-bond acceptors (Lipinski definition) is 3. The number of methoxy groups -OCH3 is 1. The number of benzene rings is 1. The van der Waals surface area contributed by atoms with E-state index in [0.29, 0.717) is 6.54 Å². The smallest absolute Gasteiger partial charge is 0.123 e. The first-order valence-corrected chi connectivity index (χ1v) is 4.87. The average molecular weight is 204 g/mol. The predicted octanol–water partition coefficient (Wildman–Crippen LogP) is 2.09. The quantitative estimate of drug-likeness (QED) is 0.816. The lowest BCUT2D eigenvalue weighted by Gasteiger charge is -2.18. The van der Waals surface area contributed by atoms with E-state index in [2.05, 4.69) is 11.4 Å². The second kappa shape index (κ2) is 4.81. The van der Waals surface area contributed by atoms with E-state index in [1.165, 1.54) is 0 Å². The zero-order valence-corrected chi connectivity index (χ0v) is 9.37. The molecular formula is C12H16N2O. The zero-order valence-electron chi connectivity index (χ0n) is 9.37. The van der Waals surface area contributed by atoms with Gasteiger partial charge in [0.1, 0.15) is 11.3 Å². The van der Waals surface area contributed by atoms with Crippen molar-refractivity contribution in [3.05, 3.63) is 29.8 Å². The summed E-state index contributed by atoms with van der Waals surface area (Å²) in [5.74, 6) is 0.846. The Morgan fingerprint density at radius 3 is 2.67 bits per heavy atom. The molecule has 3 heteroatoms. The normalized spacial score (nSPS) is 10.8. The zero-order chi connectivity index (χ0) is 11.3. The molecule has 0 aliphatic rings. The number of nitriles is 1. The van der Waals surface area contributed by atoms with E-state index in [4.69, 9.17) is 10.00 Å². The summed E-state index contributed by atoms with van der Waals surface area (Å²) in [4.78, 5) is 0. The Kier molecular flexibility index (Phi) is 3.70. The fraction of sp³-hybridized carbons (Fsp3) is 0.417. The maximum Gasteiger partial charge on any atom is 0.123 e. The van der Waals surface area contributed by atoms with Crippen LogP contribution in [0.5, 0.6) is 5.75 Å². The molecule has 1 aromatic rings. The van der Waals surface area contributed by atoms with E-state index in [-0.39, 0.29) is 0 Å². The number of nitrogens with one attached hydrogen (secondary N) is 1. The highest BCUT2D eigenvalue weighted by Gasteiger charge is 2.15. The lowest BCUT2D eigenvalue weighted by Crippen LogP contribution is -2.36. The highest BCUT2D eigenvalue weighted by atomic mass is 16.5. The molecule has 0 unspecified atom stereocenters. The van der Waals surface area contributed by atoms with Crippen molar-refractivity contribution in [2.75, 3.05) is 7.11 Å². The maximum atomic E-state index is 8.85. The summed E-state index contributed by atoms with van der Waals surface area (Å²) in [7, 11) is 1.65. The summed E-state index contributed by atoms with van der Waals surface area (Å²) in [5, 5.41) is 12.0. The van der Waals surface area contributed by atoms with Crippen molar-refractivity contribution in [1.82, 2.24) is 5.32 Å². The number of hydrogen-bond donors (Lipinski definition) is 1. The number of nitrogens with zero attached hydrogens (tertiary/aromatic N) is 1. The van der Waals surface area contributed by atoms with Gasteiger partial charge in [-0.25, -0.2) is 0 Å². The third-order valence-electron chi connectivity index (χ3n) is 2.19. The van der Waals surface area contributed by atoms with Crippen molar-refractivity contribution in [2.45, 2.75) is 25.9 Å². The van der Waals surface area contributed by atoms with Crippen LogP contribution in [0.2, 0.25) is 0 Å². The van der Waals surface area contributed by atoms with Gasteiger partial charge < -0.3 is 4.74 Å². The van der Waals surface area contributed by atoms with Crippen molar-refractivity contribution < 1.29 is 4.74 Å². The summed E-state index contributed by atoms with van der Waals surface area (Å²) in [6.07, 6.45) is 0. The molecule has 1 N–H and O–H groups in total. The molecule has 0 aliphatic carbocycles. The monoisotopic (exact) mass is 204 g/mol. The molecule has 0 saturated heterocycles. The van der Waals surface area contributed by atoms with Crippen LogP contribution in [0.4, 0.5) is 0 Å². The molecule has 0 radical (unpaired) electrons. The lowest BCUT2D eigenvalue weighted by molar-refractivity contribution is 0.402. The third-order valence-corrected chi connectivity index (χ3v) is 2.19. The molecule has 0 heterocycles. The van der Waals surface area contributed by atoms with E-state index < -0.39 is 5.54 Å². The second-order valence-electron chi connectivity index (χ2n) is 3.90. The van der Waals surface area contributed by atoms with Gasteiger partial charge in [0.25, 0.3) is 0 Å². The van der Waals surface area contributed by atoms with E-state index >= 15 is 0 Å². The average Bonchev–Trinajstić information content (AvgIpc) is 2.27. The highest BCUT2D eigenvalue weighted by molar-refractivity contribution is 5.33. The Bertz CT molecular complexity index is 366. The van der Waals surface area contributed by atoms with Gasteiger partial charge in [-0.2, -0.15) is 5.26 Å². The van der Waals surface area contributed by atoms with Crippen LogP contribution in [0.25, 0.3) is 0 Å². The third kappa shape index (κ3) is 3.26. The minimum atomic E-state index is -0.513. The molecule has 0 bridgehead atoms. The van der Waals surface area contributed by atoms with Crippen molar-refractivity contribution in [3.63, 3.8) is 0 Å². The molecule has 0 aromatic heterocycles. The highest BCUT2D eigenvalue weighted by Crippen LogP contribution is 2.17. The minimum Gasteiger partial charge on any atom is -0.496 e. The van der Waals surface area contributed by atoms with E-state index in [0.717, 1.165) is 11.3 Å². The fourth-order valence-corrected chi connectivity index (χ4v) is 1.20. The van der Waals surface area contributed by atoms with Gasteiger partial charge in [0, 0.05) is 12.1 Å². The summed E-state index contributed by atoms with van der Waals surface area (Å²) in [5.41, 5.74) is 0.546. The van der Waals surface area contributed by atoms with Crippen LogP contribution in [0.3, 0.4) is 0 Å². The first-order chi connectivity index (χ1) is 7.09. The number of ether oxygens (including phenoxy) is 1. The second-order valence-corrected chi connectivity index (χ2v) is 3.90. The van der Waals surface area contributed by atoms with Crippen LogP contribution in [0, 0.1) is 11.3 Å². The molecule has 0 atom stereocenters. The molecule has 80 valence electrons. The van der Waals surface area contributed by atoms with E-state index in [1.54, 1.807) is 7.11 Å². The lowest BCUT2D eigenvalue weighted by atomic mass is 10.1. The van der Waals surface area contributed by atoms with E-state index in [9.17, 15) is 0 Å². The summed E-state index contributed by atoms with van der Waals surface area (Å²) in [6, 6.07) is 9.98. The van der Waals surface area contributed by atoms with E-state index in [1.807, 2.05) is 38.1 Å². The van der Waals surface area contributed by atoms with Crippen molar-refractivity contribution in [2.24, 2.45) is 0 Å². The largest absolute Gasteiger partial charge is 0.496 e. The first kappa shape index (κ1) is 11.5. The van der Waals surface area contributed by atoms with Gasteiger partial charge in [-0.15, -0.1) is 0 Å². The molecule has 0 fully saturated rings. The van der Waals surface area contributed by atoms with Crippen molar-refractivity contribution in [3.8, 4) is 11.8 Å². The van der Waals surface area contributed by atoms with Crippen molar-refractivity contribution in [1.29, 1.82) is 5.26 Å². The van der Waals surface area contributed by atoms with Gasteiger partial charge in [-0.05, 0) is 19.9 Å². The molecule has 15 heavy (non-hydrogen) atoms. The minimum absolute atomic E-state index is 0.513. The van der Waals surface area contributed by atoms with Crippen LogP contribution in [0.15, 0.2) is 24.3 Å². The Balaban J connectivity index is 2.70. The Morgan fingerprint density at radius 2 is 2.07 bits per heavy atom. The standard InChI is InChI=1S/C12H16N2O/c1-12(2,9-13)14-8-10-6-4-5-7-11(10)15-3/h4-7,14H,8H2,1-3H3. The molecule has 1 aromatic carbocycles. The first-order valence-electron chi connectivity index (χ1n) is 4.87. The van der Waals surface area contributed by atoms with Gasteiger partial charge in [0.05, 0.1) is 13.2 Å². The van der Waals surface area contributed by atoms with Crippen LogP contribution in [-0.4, -0.2) is 12.6 Å². The number of para-hydroxylation sites is 1. The predicted molar refractivity (Wildman–Crippen MR) is 59.5 cm³/mol. The Hall–Kier alpha value is -1.53. The Morgan fingerprint density at radius 1 is 1.40 bits per heavy atom. The van der Waals surface area contributed by atoms with Crippen LogP contribution in [-0.2, 0) is 6.54 Å². The molecule has 0 saturated carbocycles.